The number of rotatable bonds is 4. The molecule has 2 aromatic heterocycles. The molecule has 30 heavy (non-hydrogen) atoms. The molecule has 0 bridgehead atoms. The highest BCUT2D eigenvalue weighted by Gasteiger charge is 2.31. The van der Waals surface area contributed by atoms with Gasteiger partial charge in [0.15, 0.2) is 0 Å². The van der Waals surface area contributed by atoms with Gasteiger partial charge in [-0.15, -0.1) is 11.3 Å². The van der Waals surface area contributed by atoms with E-state index in [9.17, 15) is 4.79 Å². The van der Waals surface area contributed by atoms with Gasteiger partial charge in [-0.3, -0.25) is 14.7 Å². The number of hydrogen-bond acceptors (Lipinski definition) is 6. The molecule has 0 radical (unpaired) electrons. The van der Waals surface area contributed by atoms with Crippen LogP contribution in [0, 0.1) is 0 Å². The second-order valence-electron chi connectivity index (χ2n) is 7.70. The monoisotopic (exact) mass is 423 g/mol. The maximum absolute atomic E-state index is 13.4. The lowest BCUT2D eigenvalue weighted by molar-refractivity contribution is -0.0325. The molecule has 2 aliphatic rings. The van der Waals surface area contributed by atoms with E-state index in [2.05, 4.69) is 34.1 Å². The summed E-state index contributed by atoms with van der Waals surface area (Å²) in [6, 6.07) is 12.4. The molecule has 156 valence electrons. The van der Waals surface area contributed by atoms with Crippen molar-refractivity contribution in [2.45, 2.75) is 12.6 Å². The van der Waals surface area contributed by atoms with E-state index in [4.69, 9.17) is 9.47 Å². The number of aromatic nitrogens is 1. The van der Waals surface area contributed by atoms with Gasteiger partial charge in [0.2, 0.25) is 0 Å². The number of hydrogen-bond donors (Lipinski definition) is 0. The summed E-state index contributed by atoms with van der Waals surface area (Å²) in [5, 5.41) is 1.13. The molecule has 2 saturated heterocycles. The van der Waals surface area contributed by atoms with Crippen LogP contribution in [0.25, 0.3) is 10.1 Å². The van der Waals surface area contributed by atoms with Crippen molar-refractivity contribution in [2.75, 3.05) is 46.0 Å². The van der Waals surface area contributed by atoms with Crippen molar-refractivity contribution >= 4 is 27.3 Å². The van der Waals surface area contributed by atoms with Crippen molar-refractivity contribution in [3.8, 4) is 0 Å². The molecule has 0 unspecified atom stereocenters. The molecule has 5 rings (SSSR count). The van der Waals surface area contributed by atoms with Crippen LogP contribution in [-0.2, 0) is 16.0 Å². The minimum atomic E-state index is -0.114. The van der Waals surface area contributed by atoms with Gasteiger partial charge in [0, 0.05) is 55.4 Å². The summed E-state index contributed by atoms with van der Waals surface area (Å²) in [5.74, 6) is 0.101. The maximum Gasteiger partial charge on any atom is 0.264 e. The van der Waals surface area contributed by atoms with Crippen molar-refractivity contribution in [1.82, 2.24) is 14.8 Å². The van der Waals surface area contributed by atoms with E-state index in [1.54, 1.807) is 11.3 Å². The molecule has 3 aromatic rings. The van der Waals surface area contributed by atoms with Crippen molar-refractivity contribution in [3.05, 3.63) is 64.8 Å². The Kier molecular flexibility index (Phi) is 5.77. The largest absolute Gasteiger partial charge is 0.378 e. The van der Waals surface area contributed by atoms with Gasteiger partial charge in [-0.1, -0.05) is 18.2 Å². The summed E-state index contributed by atoms with van der Waals surface area (Å²) in [5.41, 5.74) is 2.29. The Morgan fingerprint density at radius 1 is 1.07 bits per heavy atom. The summed E-state index contributed by atoms with van der Waals surface area (Å²) in [7, 11) is 0. The Hall–Kier alpha value is -2.32. The fraction of sp³-hybridized carbons (Fsp3) is 0.391. The number of pyridine rings is 1. The molecule has 2 aliphatic heterocycles. The molecular formula is C23H25N3O3S. The first-order valence-electron chi connectivity index (χ1n) is 10.4. The number of morpholine rings is 2. The average Bonchev–Trinajstić information content (AvgIpc) is 3.20. The van der Waals surface area contributed by atoms with Crippen LogP contribution in [0.2, 0.25) is 0 Å². The van der Waals surface area contributed by atoms with E-state index in [1.165, 1.54) is 5.56 Å². The van der Waals surface area contributed by atoms with E-state index in [0.29, 0.717) is 32.9 Å². The Morgan fingerprint density at radius 3 is 2.70 bits per heavy atom. The minimum absolute atomic E-state index is 0.101. The third-order valence-electron chi connectivity index (χ3n) is 5.75. The van der Waals surface area contributed by atoms with Crippen LogP contribution in [0.1, 0.15) is 26.9 Å². The molecule has 1 amide bonds. The van der Waals surface area contributed by atoms with Crippen molar-refractivity contribution in [2.24, 2.45) is 0 Å². The SMILES string of the molecule is O=C(c1sc2ccccc2c1[C@H]1CN(Cc2ccncc2)CCO1)N1CCOCC1. The predicted octanol–water partition coefficient (Wildman–Crippen LogP) is 3.34. The maximum atomic E-state index is 13.4. The van der Waals surface area contributed by atoms with E-state index >= 15 is 0 Å². The topological polar surface area (TPSA) is 54.9 Å². The fourth-order valence-electron chi connectivity index (χ4n) is 4.22. The van der Waals surface area contributed by atoms with Gasteiger partial charge >= 0.3 is 0 Å². The first-order valence-corrected chi connectivity index (χ1v) is 11.2. The van der Waals surface area contributed by atoms with Crippen molar-refractivity contribution in [3.63, 3.8) is 0 Å². The Bertz CT molecular complexity index is 1020. The number of carbonyl (C=O) groups is 1. The predicted molar refractivity (Wildman–Crippen MR) is 117 cm³/mol. The molecule has 0 saturated carbocycles. The number of thiophene rings is 1. The first-order chi connectivity index (χ1) is 14.8. The molecular weight excluding hydrogens is 398 g/mol. The van der Waals surface area contributed by atoms with Crippen LogP contribution in [0.15, 0.2) is 48.8 Å². The van der Waals surface area contributed by atoms with E-state index < -0.39 is 0 Å². The third-order valence-corrected chi connectivity index (χ3v) is 6.93. The molecule has 4 heterocycles. The van der Waals surface area contributed by atoms with Gasteiger partial charge in [0.25, 0.3) is 5.91 Å². The standard InChI is InChI=1S/C23H25N3O3S/c27-23(26-10-12-28-13-11-26)22-21(18-3-1-2-4-20(18)30-22)19-16-25(9-14-29-19)15-17-5-7-24-8-6-17/h1-8,19H,9-16H2/t19-/m1/s1. The highest BCUT2D eigenvalue weighted by molar-refractivity contribution is 7.21. The van der Waals surface area contributed by atoms with Gasteiger partial charge in [0.05, 0.1) is 30.8 Å². The summed E-state index contributed by atoms with van der Waals surface area (Å²) < 4.78 is 12.8. The lowest BCUT2D eigenvalue weighted by atomic mass is 10.0. The van der Waals surface area contributed by atoms with Gasteiger partial charge in [-0.25, -0.2) is 0 Å². The smallest absolute Gasteiger partial charge is 0.264 e. The zero-order valence-corrected chi connectivity index (χ0v) is 17.6. The van der Waals surface area contributed by atoms with Crippen LogP contribution in [0.5, 0.6) is 0 Å². The van der Waals surface area contributed by atoms with Gasteiger partial charge in [-0.2, -0.15) is 0 Å². The number of nitrogens with zero attached hydrogens (tertiary/aromatic N) is 3. The Balaban J connectivity index is 1.45. The Morgan fingerprint density at radius 2 is 1.87 bits per heavy atom. The zero-order valence-electron chi connectivity index (χ0n) is 16.8. The second kappa shape index (κ2) is 8.81. The van der Waals surface area contributed by atoms with Crippen LogP contribution in [-0.4, -0.2) is 66.7 Å². The highest BCUT2D eigenvalue weighted by Crippen LogP contribution is 2.39. The van der Waals surface area contributed by atoms with E-state index in [-0.39, 0.29) is 12.0 Å². The second-order valence-corrected chi connectivity index (χ2v) is 8.75. The molecule has 1 atom stereocenters. The average molecular weight is 424 g/mol. The molecule has 1 aromatic carbocycles. The van der Waals surface area contributed by atoms with Gasteiger partial charge in [-0.05, 0) is 29.1 Å². The van der Waals surface area contributed by atoms with Crippen molar-refractivity contribution in [1.29, 1.82) is 0 Å². The molecule has 6 nitrogen and oxygen atoms in total. The quantitative estimate of drug-likeness (QED) is 0.644. The van der Waals surface area contributed by atoms with E-state index in [1.807, 2.05) is 29.4 Å². The minimum Gasteiger partial charge on any atom is -0.378 e. The molecule has 0 spiro atoms. The molecule has 7 heteroatoms. The highest BCUT2D eigenvalue weighted by atomic mass is 32.1. The third kappa shape index (κ3) is 3.98. The lowest BCUT2D eigenvalue weighted by Gasteiger charge is -2.34. The summed E-state index contributed by atoms with van der Waals surface area (Å²) in [6.45, 7) is 5.66. The van der Waals surface area contributed by atoms with Gasteiger partial charge in [0.1, 0.15) is 0 Å². The first kappa shape index (κ1) is 19.6. The Labute approximate surface area is 180 Å². The number of carbonyl (C=O) groups excluding carboxylic acids is 1. The van der Waals surface area contributed by atoms with Crippen LogP contribution >= 0.6 is 11.3 Å². The summed E-state index contributed by atoms with van der Waals surface area (Å²) >= 11 is 1.59. The molecule has 2 fully saturated rings. The number of ether oxygens (including phenoxy) is 2. The normalized spacial score (nSPS) is 20.5. The number of benzene rings is 1. The number of amides is 1. The van der Waals surface area contributed by atoms with Crippen LogP contribution in [0.3, 0.4) is 0 Å². The summed E-state index contributed by atoms with van der Waals surface area (Å²) in [4.78, 5) is 22.6. The van der Waals surface area contributed by atoms with Gasteiger partial charge < -0.3 is 14.4 Å². The molecule has 0 aliphatic carbocycles. The molecule has 0 N–H and O–H groups in total. The van der Waals surface area contributed by atoms with Crippen LogP contribution in [0.4, 0.5) is 0 Å². The van der Waals surface area contributed by atoms with E-state index in [0.717, 1.165) is 40.2 Å². The zero-order chi connectivity index (χ0) is 20.3. The lowest BCUT2D eigenvalue weighted by Crippen LogP contribution is -2.41. The fourth-order valence-corrected chi connectivity index (χ4v) is 5.44. The number of fused-ring (bicyclic) bond motifs is 1. The van der Waals surface area contributed by atoms with Crippen molar-refractivity contribution < 1.29 is 14.3 Å². The summed E-state index contributed by atoms with van der Waals surface area (Å²) in [6.07, 6.45) is 3.55. The van der Waals surface area contributed by atoms with Crippen LogP contribution < -0.4 is 0 Å².